The number of rotatable bonds is 4. The Bertz CT molecular complexity index is 1630. The maximum absolute atomic E-state index is 13.3. The molecule has 0 fully saturated rings. The first kappa shape index (κ1) is 23.4. The Labute approximate surface area is 228 Å². The van der Waals surface area contributed by atoms with Gasteiger partial charge in [-0.25, -0.2) is 15.0 Å². The van der Waals surface area contributed by atoms with Gasteiger partial charge in [0, 0.05) is 41.6 Å². The molecule has 1 aliphatic heterocycles. The summed E-state index contributed by atoms with van der Waals surface area (Å²) >= 11 is 2.19. The number of fused-ring (bicyclic) bond motifs is 2. The lowest BCUT2D eigenvalue weighted by molar-refractivity contribution is 0.0731. The average Bonchev–Trinajstić information content (AvgIpc) is 2.96. The van der Waals surface area contributed by atoms with E-state index in [1.54, 1.807) is 6.20 Å². The quantitative estimate of drug-likeness (QED) is 0.187. The maximum atomic E-state index is 13.3. The van der Waals surface area contributed by atoms with Crippen LogP contribution in [0.5, 0.6) is 0 Å². The molecular weight excluding hydrogens is 573 g/mol. The molecule has 6 rings (SSSR count). The second-order valence-electron chi connectivity index (χ2n) is 8.93. The van der Waals surface area contributed by atoms with Gasteiger partial charge < -0.3 is 4.90 Å². The van der Waals surface area contributed by atoms with Gasteiger partial charge in [-0.2, -0.15) is 0 Å². The van der Waals surface area contributed by atoms with Gasteiger partial charge in [-0.1, -0.05) is 48.6 Å². The van der Waals surface area contributed by atoms with Crippen LogP contribution in [0.2, 0.25) is 0 Å². The maximum Gasteiger partial charge on any atom is 0.254 e. The summed E-state index contributed by atoms with van der Waals surface area (Å²) in [4.78, 5) is 33.4. The second-order valence-corrected chi connectivity index (χ2v) is 10.0. The molecule has 0 unspecified atom stereocenters. The predicted octanol–water partition coefficient (Wildman–Crippen LogP) is 6.06. The lowest BCUT2D eigenvalue weighted by Crippen LogP contribution is -2.36. The molecule has 1 amide bonds. The van der Waals surface area contributed by atoms with Crippen molar-refractivity contribution in [3.05, 3.63) is 117 Å². The number of carbonyl (C=O) groups excluding carboxylic acids is 1. The van der Waals surface area contributed by atoms with Crippen LogP contribution in [0.15, 0.2) is 85.3 Å². The van der Waals surface area contributed by atoms with Gasteiger partial charge in [0.15, 0.2) is 5.82 Å². The van der Waals surface area contributed by atoms with Crippen molar-refractivity contribution in [1.82, 2.24) is 24.8 Å². The molecule has 4 heterocycles. The van der Waals surface area contributed by atoms with E-state index in [4.69, 9.17) is 4.98 Å². The molecule has 0 aliphatic carbocycles. The van der Waals surface area contributed by atoms with Gasteiger partial charge in [-0.3, -0.25) is 9.78 Å². The van der Waals surface area contributed by atoms with E-state index in [1.807, 2.05) is 90.1 Å². The fourth-order valence-electron chi connectivity index (χ4n) is 4.41. The van der Waals surface area contributed by atoms with E-state index < -0.39 is 0 Å². The Morgan fingerprint density at radius 2 is 1.68 bits per heavy atom. The Morgan fingerprint density at radius 3 is 2.51 bits per heavy atom. The Morgan fingerprint density at radius 1 is 0.865 bits per heavy atom. The van der Waals surface area contributed by atoms with Crippen LogP contribution in [0.25, 0.3) is 34.4 Å². The van der Waals surface area contributed by atoms with Crippen LogP contribution >= 0.6 is 22.6 Å². The molecule has 5 aromatic rings. The molecular formula is C30H22IN5O. The fraction of sp³-hybridized carbons (Fsp3) is 0.100. The van der Waals surface area contributed by atoms with Crippen LogP contribution in [-0.2, 0) is 13.0 Å². The summed E-state index contributed by atoms with van der Waals surface area (Å²) in [5, 5.41) is 1.05. The third kappa shape index (κ3) is 5.13. The lowest BCUT2D eigenvalue weighted by Gasteiger charge is -2.28. The van der Waals surface area contributed by atoms with Gasteiger partial charge in [0.25, 0.3) is 5.91 Å². The number of amides is 1. The molecule has 0 saturated heterocycles. The standard InChI is InChI=1S/C30H22IN5O/c31-28-12-9-21(16-33-28)6-5-20-7-10-22(11-8-20)30(37)36-14-13-24-17-34-29(35-27(24)19-36)25-15-23-3-1-2-4-26(23)32-18-25/h1-12,15-18H,13-14,19H2/b6-5+. The van der Waals surface area contributed by atoms with Crippen molar-refractivity contribution in [1.29, 1.82) is 0 Å². The van der Waals surface area contributed by atoms with Crippen molar-refractivity contribution in [2.45, 2.75) is 13.0 Å². The molecule has 37 heavy (non-hydrogen) atoms. The topological polar surface area (TPSA) is 71.9 Å². The van der Waals surface area contributed by atoms with Crippen molar-refractivity contribution in [3.63, 3.8) is 0 Å². The van der Waals surface area contributed by atoms with Crippen LogP contribution in [0.1, 0.15) is 32.7 Å². The fourth-order valence-corrected chi connectivity index (χ4v) is 4.73. The summed E-state index contributed by atoms with van der Waals surface area (Å²) in [6.45, 7) is 1.11. The van der Waals surface area contributed by atoms with E-state index in [1.165, 1.54) is 0 Å². The van der Waals surface area contributed by atoms with Gasteiger partial charge in [0.05, 0.1) is 17.8 Å². The first-order valence-corrected chi connectivity index (χ1v) is 13.1. The molecule has 0 spiro atoms. The van der Waals surface area contributed by atoms with Gasteiger partial charge in [0.2, 0.25) is 0 Å². The normalized spacial score (nSPS) is 13.2. The Hall–Kier alpha value is -3.98. The highest BCUT2D eigenvalue weighted by Gasteiger charge is 2.23. The van der Waals surface area contributed by atoms with Crippen molar-refractivity contribution in [3.8, 4) is 11.4 Å². The molecule has 0 radical (unpaired) electrons. The number of nitrogens with zero attached hydrogens (tertiary/aromatic N) is 5. The SMILES string of the molecule is O=C(c1ccc(/C=C/c2ccc(I)nc2)cc1)N1CCc2cnc(-c3cnc4ccccc4c3)nc2C1. The summed E-state index contributed by atoms with van der Waals surface area (Å²) in [5.74, 6) is 0.640. The first-order valence-electron chi connectivity index (χ1n) is 12.0. The van der Waals surface area contributed by atoms with Gasteiger partial charge in [-0.05, 0) is 76.0 Å². The summed E-state index contributed by atoms with van der Waals surface area (Å²) in [6.07, 6.45) is 10.3. The third-order valence-electron chi connectivity index (χ3n) is 6.46. The van der Waals surface area contributed by atoms with E-state index in [0.29, 0.717) is 24.5 Å². The largest absolute Gasteiger partial charge is 0.332 e. The molecule has 7 heteroatoms. The second kappa shape index (κ2) is 10.2. The highest BCUT2D eigenvalue weighted by atomic mass is 127. The molecule has 0 atom stereocenters. The summed E-state index contributed by atoms with van der Waals surface area (Å²) in [5.41, 5.74) is 6.53. The van der Waals surface area contributed by atoms with Gasteiger partial charge in [-0.15, -0.1) is 0 Å². The monoisotopic (exact) mass is 595 g/mol. The number of hydrogen-bond acceptors (Lipinski definition) is 5. The van der Waals surface area contributed by atoms with Crippen molar-refractivity contribution in [2.75, 3.05) is 6.54 Å². The van der Waals surface area contributed by atoms with Crippen LogP contribution in [0.3, 0.4) is 0 Å². The van der Waals surface area contributed by atoms with E-state index in [2.05, 4.69) is 43.6 Å². The Balaban J connectivity index is 1.17. The smallest absolute Gasteiger partial charge is 0.254 e. The third-order valence-corrected chi connectivity index (χ3v) is 7.10. The van der Waals surface area contributed by atoms with Crippen molar-refractivity contribution < 1.29 is 4.79 Å². The molecule has 2 aromatic carbocycles. The van der Waals surface area contributed by atoms with Gasteiger partial charge >= 0.3 is 0 Å². The minimum absolute atomic E-state index is 0.00977. The van der Waals surface area contributed by atoms with Crippen LogP contribution in [-0.4, -0.2) is 37.3 Å². The highest BCUT2D eigenvalue weighted by Crippen LogP contribution is 2.24. The molecule has 0 saturated carbocycles. The summed E-state index contributed by atoms with van der Waals surface area (Å²) in [6, 6.07) is 21.8. The minimum atomic E-state index is 0.00977. The van der Waals surface area contributed by atoms with Crippen LogP contribution < -0.4 is 0 Å². The summed E-state index contributed by atoms with van der Waals surface area (Å²) < 4.78 is 0.964. The van der Waals surface area contributed by atoms with Crippen molar-refractivity contribution >= 4 is 51.6 Å². The number of aromatic nitrogens is 4. The van der Waals surface area contributed by atoms with Crippen LogP contribution in [0, 0.1) is 3.70 Å². The summed E-state index contributed by atoms with van der Waals surface area (Å²) in [7, 11) is 0. The zero-order valence-corrected chi connectivity index (χ0v) is 22.0. The molecule has 3 aromatic heterocycles. The zero-order valence-electron chi connectivity index (χ0n) is 19.9. The molecule has 1 aliphatic rings. The zero-order chi connectivity index (χ0) is 25.2. The van der Waals surface area contributed by atoms with E-state index in [9.17, 15) is 4.79 Å². The molecule has 0 N–H and O–H groups in total. The number of hydrogen-bond donors (Lipinski definition) is 0. The molecule has 6 nitrogen and oxygen atoms in total. The number of halogens is 1. The number of para-hydroxylation sites is 1. The van der Waals surface area contributed by atoms with E-state index in [0.717, 1.165) is 49.0 Å². The van der Waals surface area contributed by atoms with E-state index >= 15 is 0 Å². The molecule has 180 valence electrons. The Kier molecular flexibility index (Phi) is 6.44. The highest BCUT2D eigenvalue weighted by molar-refractivity contribution is 14.1. The predicted molar refractivity (Wildman–Crippen MR) is 154 cm³/mol. The van der Waals surface area contributed by atoms with Gasteiger partial charge in [0.1, 0.15) is 3.70 Å². The van der Waals surface area contributed by atoms with Crippen molar-refractivity contribution in [2.24, 2.45) is 0 Å². The van der Waals surface area contributed by atoms with Crippen LogP contribution in [0.4, 0.5) is 0 Å². The first-order chi connectivity index (χ1) is 18.1. The lowest BCUT2D eigenvalue weighted by atomic mass is 10.0. The number of benzene rings is 2. The number of carbonyl (C=O) groups is 1. The number of pyridine rings is 2. The van der Waals surface area contributed by atoms with E-state index in [-0.39, 0.29) is 5.91 Å². The molecule has 0 bridgehead atoms. The minimum Gasteiger partial charge on any atom is -0.332 e. The average molecular weight is 595 g/mol.